The number of benzene rings is 4. The smallest absolute Gasteiger partial charge is 0.117 e. The van der Waals surface area contributed by atoms with Gasteiger partial charge >= 0.3 is 0 Å². The van der Waals surface area contributed by atoms with E-state index in [0.717, 1.165) is 22.3 Å². The SMILES string of the molecule is CC(OC(C)(c1ccccc1)c1ccccc1)(c1ccccc1)c1ccccc1. The number of hydrogen-bond acceptors (Lipinski definition) is 1. The van der Waals surface area contributed by atoms with Crippen LogP contribution in [0, 0.1) is 0 Å². The molecular formula is C28H26O. The molecule has 0 fully saturated rings. The molecule has 0 amide bonds. The predicted octanol–water partition coefficient (Wildman–Crippen LogP) is 6.93. The topological polar surface area (TPSA) is 9.23 Å². The third kappa shape index (κ3) is 3.74. The lowest BCUT2D eigenvalue weighted by molar-refractivity contribution is -0.107. The standard InChI is InChI=1S/C28H26O/c1-27(23-15-7-3-8-16-23,24-17-9-4-10-18-24)29-28(2,25-19-11-5-12-20-25)26-21-13-6-14-22-26/h3-22H,1-2H3. The van der Waals surface area contributed by atoms with Gasteiger partial charge < -0.3 is 4.74 Å². The largest absolute Gasteiger partial charge is 0.350 e. The van der Waals surface area contributed by atoms with Gasteiger partial charge in [-0.25, -0.2) is 0 Å². The summed E-state index contributed by atoms with van der Waals surface area (Å²) < 4.78 is 7.17. The highest BCUT2D eigenvalue weighted by Crippen LogP contribution is 2.44. The molecule has 4 rings (SSSR count). The molecule has 0 radical (unpaired) electrons. The minimum Gasteiger partial charge on any atom is -0.350 e. The molecule has 0 spiro atoms. The van der Waals surface area contributed by atoms with Crippen LogP contribution in [0.3, 0.4) is 0 Å². The molecule has 0 bridgehead atoms. The summed E-state index contributed by atoms with van der Waals surface area (Å²) in [6, 6.07) is 41.9. The van der Waals surface area contributed by atoms with E-state index in [1.165, 1.54) is 0 Å². The molecule has 0 aliphatic heterocycles. The second-order valence-electron chi connectivity index (χ2n) is 7.63. The Morgan fingerprint density at radius 1 is 0.379 bits per heavy atom. The molecule has 0 heterocycles. The summed E-state index contributed by atoms with van der Waals surface area (Å²) in [6.07, 6.45) is 0. The van der Waals surface area contributed by atoms with E-state index >= 15 is 0 Å². The summed E-state index contributed by atoms with van der Waals surface area (Å²) >= 11 is 0. The Kier molecular flexibility index (Phi) is 5.33. The summed E-state index contributed by atoms with van der Waals surface area (Å²) in [7, 11) is 0. The van der Waals surface area contributed by atoms with Crippen LogP contribution in [-0.4, -0.2) is 0 Å². The molecule has 0 unspecified atom stereocenters. The summed E-state index contributed by atoms with van der Waals surface area (Å²) in [5, 5.41) is 0. The van der Waals surface area contributed by atoms with Crippen molar-refractivity contribution in [2.24, 2.45) is 0 Å². The van der Waals surface area contributed by atoms with Crippen molar-refractivity contribution in [1.82, 2.24) is 0 Å². The fraction of sp³-hybridized carbons (Fsp3) is 0.143. The van der Waals surface area contributed by atoms with Gasteiger partial charge in [-0.15, -0.1) is 0 Å². The van der Waals surface area contributed by atoms with E-state index in [2.05, 4.69) is 111 Å². The maximum Gasteiger partial charge on any atom is 0.117 e. The molecule has 0 saturated carbocycles. The van der Waals surface area contributed by atoms with Gasteiger partial charge in [0.25, 0.3) is 0 Å². The van der Waals surface area contributed by atoms with E-state index in [1.54, 1.807) is 0 Å². The minimum absolute atomic E-state index is 0.622. The van der Waals surface area contributed by atoms with E-state index in [9.17, 15) is 0 Å². The Morgan fingerprint density at radius 2 is 0.586 bits per heavy atom. The lowest BCUT2D eigenvalue weighted by atomic mass is 9.83. The van der Waals surface area contributed by atoms with Gasteiger partial charge in [0.15, 0.2) is 0 Å². The third-order valence-corrected chi connectivity index (χ3v) is 5.71. The van der Waals surface area contributed by atoms with Crippen LogP contribution < -0.4 is 0 Å². The Bertz CT molecular complexity index is 859. The van der Waals surface area contributed by atoms with Crippen LogP contribution in [0.4, 0.5) is 0 Å². The van der Waals surface area contributed by atoms with Gasteiger partial charge in [0.2, 0.25) is 0 Å². The van der Waals surface area contributed by atoms with Crippen molar-refractivity contribution in [3.05, 3.63) is 144 Å². The van der Waals surface area contributed by atoms with E-state index in [0.29, 0.717) is 0 Å². The molecule has 0 N–H and O–H groups in total. The van der Waals surface area contributed by atoms with Crippen molar-refractivity contribution in [2.45, 2.75) is 25.0 Å². The highest BCUT2D eigenvalue weighted by atomic mass is 16.5. The molecule has 0 aliphatic carbocycles. The first-order valence-corrected chi connectivity index (χ1v) is 10.1. The minimum atomic E-state index is -0.622. The zero-order valence-electron chi connectivity index (χ0n) is 17.0. The monoisotopic (exact) mass is 378 g/mol. The predicted molar refractivity (Wildman–Crippen MR) is 120 cm³/mol. The Morgan fingerprint density at radius 3 is 0.793 bits per heavy atom. The average Bonchev–Trinajstić information content (AvgIpc) is 2.81. The van der Waals surface area contributed by atoms with Crippen LogP contribution in [0.1, 0.15) is 36.1 Å². The van der Waals surface area contributed by atoms with Gasteiger partial charge in [0.1, 0.15) is 11.2 Å². The van der Waals surface area contributed by atoms with Gasteiger partial charge in [-0.05, 0) is 36.1 Å². The summed E-state index contributed by atoms with van der Waals surface area (Å²) in [5.41, 5.74) is 3.27. The van der Waals surface area contributed by atoms with E-state index in [-0.39, 0.29) is 0 Å². The quantitative estimate of drug-likeness (QED) is 0.353. The first-order chi connectivity index (χ1) is 14.1. The highest BCUT2D eigenvalue weighted by Gasteiger charge is 2.40. The zero-order valence-corrected chi connectivity index (χ0v) is 17.0. The van der Waals surface area contributed by atoms with Crippen LogP contribution in [-0.2, 0) is 15.9 Å². The Labute approximate surface area is 173 Å². The summed E-state index contributed by atoms with van der Waals surface area (Å²) in [6.45, 7) is 4.34. The lowest BCUT2D eigenvalue weighted by Gasteiger charge is -2.42. The molecule has 1 nitrogen and oxygen atoms in total. The van der Waals surface area contributed by atoms with Crippen molar-refractivity contribution in [2.75, 3.05) is 0 Å². The summed E-state index contributed by atoms with van der Waals surface area (Å²) in [5.74, 6) is 0. The van der Waals surface area contributed by atoms with Crippen LogP contribution in [0.5, 0.6) is 0 Å². The highest BCUT2D eigenvalue weighted by molar-refractivity contribution is 5.40. The second-order valence-corrected chi connectivity index (χ2v) is 7.63. The van der Waals surface area contributed by atoms with Crippen LogP contribution in [0.15, 0.2) is 121 Å². The maximum atomic E-state index is 7.17. The average molecular weight is 379 g/mol. The zero-order chi connectivity index (χ0) is 20.2. The van der Waals surface area contributed by atoms with Gasteiger partial charge in [0.05, 0.1) is 0 Å². The Hall–Kier alpha value is -3.16. The normalized spacial score (nSPS) is 11.9. The fourth-order valence-corrected chi connectivity index (χ4v) is 4.00. The van der Waals surface area contributed by atoms with E-state index in [1.807, 2.05) is 24.3 Å². The molecule has 4 aromatic rings. The van der Waals surface area contributed by atoms with Gasteiger partial charge in [0, 0.05) is 0 Å². The van der Waals surface area contributed by atoms with Gasteiger partial charge in [-0.3, -0.25) is 0 Å². The van der Waals surface area contributed by atoms with Crippen molar-refractivity contribution < 1.29 is 4.74 Å². The van der Waals surface area contributed by atoms with Gasteiger partial charge in [-0.2, -0.15) is 0 Å². The molecular weight excluding hydrogens is 352 g/mol. The molecule has 29 heavy (non-hydrogen) atoms. The van der Waals surface area contributed by atoms with Crippen LogP contribution in [0.25, 0.3) is 0 Å². The van der Waals surface area contributed by atoms with Crippen molar-refractivity contribution in [3.8, 4) is 0 Å². The second kappa shape index (κ2) is 8.06. The molecule has 0 aromatic heterocycles. The molecule has 0 aliphatic rings. The molecule has 0 saturated heterocycles. The summed E-state index contributed by atoms with van der Waals surface area (Å²) in [4.78, 5) is 0. The van der Waals surface area contributed by atoms with Crippen molar-refractivity contribution in [3.63, 3.8) is 0 Å². The number of ether oxygens (including phenoxy) is 1. The molecule has 1 heteroatoms. The Balaban J connectivity index is 1.91. The van der Waals surface area contributed by atoms with Gasteiger partial charge in [-0.1, -0.05) is 121 Å². The van der Waals surface area contributed by atoms with Crippen molar-refractivity contribution >= 4 is 0 Å². The first-order valence-electron chi connectivity index (χ1n) is 10.1. The fourth-order valence-electron chi connectivity index (χ4n) is 4.00. The van der Waals surface area contributed by atoms with Crippen LogP contribution >= 0.6 is 0 Å². The molecule has 4 aromatic carbocycles. The maximum absolute atomic E-state index is 7.17. The number of rotatable bonds is 6. The molecule has 144 valence electrons. The van der Waals surface area contributed by atoms with E-state index in [4.69, 9.17) is 4.74 Å². The third-order valence-electron chi connectivity index (χ3n) is 5.71. The van der Waals surface area contributed by atoms with E-state index < -0.39 is 11.2 Å². The first kappa shape index (κ1) is 19.2. The lowest BCUT2D eigenvalue weighted by Crippen LogP contribution is -2.39. The number of hydrogen-bond donors (Lipinski definition) is 0. The van der Waals surface area contributed by atoms with Crippen LogP contribution in [0.2, 0.25) is 0 Å². The molecule has 0 atom stereocenters. The van der Waals surface area contributed by atoms with Crippen molar-refractivity contribution in [1.29, 1.82) is 0 Å².